The summed E-state index contributed by atoms with van der Waals surface area (Å²) in [6.07, 6.45) is 1.11. The fourth-order valence-electron chi connectivity index (χ4n) is 1.61. The van der Waals surface area contributed by atoms with E-state index in [4.69, 9.17) is 5.73 Å². The summed E-state index contributed by atoms with van der Waals surface area (Å²) in [5.74, 6) is -0.607. The first-order valence-electron chi connectivity index (χ1n) is 7.00. The van der Waals surface area contributed by atoms with Gasteiger partial charge >= 0.3 is 0 Å². The molecule has 0 aliphatic carbocycles. The number of nitrogens with two attached hydrogens (primary N) is 1. The molecule has 0 aromatic heterocycles. The Bertz CT molecular complexity index is 512. The van der Waals surface area contributed by atoms with Gasteiger partial charge in [-0.1, -0.05) is 13.8 Å². The van der Waals surface area contributed by atoms with Gasteiger partial charge in [-0.3, -0.25) is 9.59 Å². The lowest BCUT2D eigenvalue weighted by molar-refractivity contribution is -0.123. The molecular formula is C15H24ClN3O2S. The second-order valence-electron chi connectivity index (χ2n) is 4.84. The summed E-state index contributed by atoms with van der Waals surface area (Å²) in [4.78, 5) is 23.9. The van der Waals surface area contributed by atoms with E-state index in [-0.39, 0.29) is 37.3 Å². The molecule has 0 heterocycles. The minimum absolute atomic E-state index is 0. The lowest BCUT2D eigenvalue weighted by atomic mass is 10.2. The number of nitrogens with one attached hydrogen (secondary N) is 2. The topological polar surface area (TPSA) is 84.2 Å². The zero-order valence-electron chi connectivity index (χ0n) is 13.1. The zero-order chi connectivity index (χ0) is 15.8. The molecule has 0 aliphatic rings. The van der Waals surface area contributed by atoms with Crippen molar-refractivity contribution in [1.82, 2.24) is 5.32 Å². The molecule has 1 atom stereocenters. The Morgan fingerprint density at radius 1 is 1.32 bits per heavy atom. The van der Waals surface area contributed by atoms with E-state index in [9.17, 15) is 9.59 Å². The van der Waals surface area contributed by atoms with Crippen LogP contribution in [0.5, 0.6) is 0 Å². The van der Waals surface area contributed by atoms with E-state index in [1.165, 1.54) is 4.90 Å². The summed E-state index contributed by atoms with van der Waals surface area (Å²) >= 11 is 1.82. The average Bonchev–Trinajstić information content (AvgIpc) is 2.47. The third-order valence-corrected chi connectivity index (χ3v) is 4.28. The van der Waals surface area contributed by atoms with Crippen LogP contribution in [-0.2, 0) is 9.59 Å². The maximum absolute atomic E-state index is 11.7. The van der Waals surface area contributed by atoms with Crippen LogP contribution in [0.15, 0.2) is 23.1 Å². The highest BCUT2D eigenvalue weighted by Crippen LogP contribution is 2.28. The second-order valence-corrected chi connectivity index (χ2v) is 6.35. The third-order valence-electron chi connectivity index (χ3n) is 3.02. The van der Waals surface area contributed by atoms with E-state index >= 15 is 0 Å². The summed E-state index contributed by atoms with van der Waals surface area (Å²) < 4.78 is 0. The van der Waals surface area contributed by atoms with Crippen molar-refractivity contribution >= 4 is 41.7 Å². The molecule has 0 radical (unpaired) electrons. The van der Waals surface area contributed by atoms with E-state index in [1.807, 2.05) is 30.8 Å². The van der Waals surface area contributed by atoms with Gasteiger partial charge in [0.1, 0.15) is 0 Å². The van der Waals surface area contributed by atoms with Crippen LogP contribution in [0.2, 0.25) is 0 Å². The van der Waals surface area contributed by atoms with E-state index in [0.29, 0.717) is 5.25 Å². The molecule has 1 rings (SSSR count). The first kappa shape index (κ1) is 20.8. The van der Waals surface area contributed by atoms with Gasteiger partial charge in [0.25, 0.3) is 0 Å². The molecule has 7 heteroatoms. The average molecular weight is 346 g/mol. The number of benzene rings is 1. The Balaban J connectivity index is 0.00000441. The lowest BCUT2D eigenvalue weighted by Crippen LogP contribution is -2.36. The molecule has 0 saturated carbocycles. The minimum atomic E-state index is -0.345. The van der Waals surface area contributed by atoms with Crippen molar-refractivity contribution in [2.75, 3.05) is 18.4 Å². The van der Waals surface area contributed by atoms with Gasteiger partial charge in [-0.15, -0.1) is 24.2 Å². The maximum atomic E-state index is 11.7. The smallest absolute Gasteiger partial charge is 0.243 e. The molecule has 1 unspecified atom stereocenters. The summed E-state index contributed by atoms with van der Waals surface area (Å²) in [5.41, 5.74) is 6.92. The highest BCUT2D eigenvalue weighted by molar-refractivity contribution is 7.99. The number of hydrogen-bond donors (Lipinski definition) is 3. The Morgan fingerprint density at radius 2 is 2.00 bits per heavy atom. The zero-order valence-corrected chi connectivity index (χ0v) is 14.8. The van der Waals surface area contributed by atoms with Gasteiger partial charge in [0, 0.05) is 15.8 Å². The van der Waals surface area contributed by atoms with Crippen molar-refractivity contribution in [3.63, 3.8) is 0 Å². The molecule has 1 aromatic carbocycles. The first-order valence-corrected chi connectivity index (χ1v) is 7.88. The molecule has 0 aliphatic heterocycles. The number of carbonyl (C=O) groups is 2. The molecule has 0 bridgehead atoms. The van der Waals surface area contributed by atoms with Crippen LogP contribution in [0.25, 0.3) is 0 Å². The number of rotatable bonds is 7. The molecule has 2 amide bonds. The summed E-state index contributed by atoms with van der Waals surface area (Å²) in [6.45, 7) is 6.12. The highest BCUT2D eigenvalue weighted by atomic mass is 35.5. The number of carbonyl (C=O) groups excluding carboxylic acids is 2. The van der Waals surface area contributed by atoms with Gasteiger partial charge in [0.05, 0.1) is 13.1 Å². The van der Waals surface area contributed by atoms with Crippen molar-refractivity contribution in [3.05, 3.63) is 23.8 Å². The highest BCUT2D eigenvalue weighted by Gasteiger charge is 2.08. The van der Waals surface area contributed by atoms with Crippen LogP contribution in [0.3, 0.4) is 0 Å². The van der Waals surface area contributed by atoms with Gasteiger partial charge < -0.3 is 16.4 Å². The van der Waals surface area contributed by atoms with E-state index < -0.39 is 0 Å². The van der Waals surface area contributed by atoms with Gasteiger partial charge in [-0.2, -0.15) is 0 Å². The first-order chi connectivity index (χ1) is 9.96. The largest absolute Gasteiger partial charge is 0.346 e. The normalized spacial score (nSPS) is 11.3. The van der Waals surface area contributed by atoms with Crippen LogP contribution in [0.1, 0.15) is 25.8 Å². The molecule has 1 aromatic rings. The van der Waals surface area contributed by atoms with E-state index in [1.54, 1.807) is 0 Å². The van der Waals surface area contributed by atoms with E-state index in [2.05, 4.69) is 30.5 Å². The van der Waals surface area contributed by atoms with Gasteiger partial charge in [-0.05, 0) is 37.1 Å². The lowest BCUT2D eigenvalue weighted by Gasteiger charge is -2.12. The summed E-state index contributed by atoms with van der Waals surface area (Å²) in [6, 6.07) is 5.95. The van der Waals surface area contributed by atoms with Crippen molar-refractivity contribution < 1.29 is 9.59 Å². The SMILES string of the molecule is CCC(C)Sc1ccc(NC(=O)CNC(=O)CN)c(C)c1.Cl. The third kappa shape index (κ3) is 7.15. The molecule has 0 spiro atoms. The number of amides is 2. The molecule has 124 valence electrons. The van der Waals surface area contributed by atoms with Crippen LogP contribution in [0.4, 0.5) is 5.69 Å². The number of anilines is 1. The molecule has 22 heavy (non-hydrogen) atoms. The van der Waals surface area contributed by atoms with Crippen LogP contribution >= 0.6 is 24.2 Å². The Morgan fingerprint density at radius 3 is 2.55 bits per heavy atom. The van der Waals surface area contributed by atoms with Gasteiger partial charge in [-0.25, -0.2) is 0 Å². The van der Waals surface area contributed by atoms with Crippen LogP contribution < -0.4 is 16.4 Å². The fraction of sp³-hybridized carbons (Fsp3) is 0.467. The molecule has 5 nitrogen and oxygen atoms in total. The molecular weight excluding hydrogens is 322 g/mol. The van der Waals surface area contributed by atoms with Gasteiger partial charge in [0.2, 0.25) is 11.8 Å². The predicted molar refractivity (Wildman–Crippen MR) is 94.7 cm³/mol. The van der Waals surface area contributed by atoms with Crippen molar-refractivity contribution in [3.8, 4) is 0 Å². The summed E-state index contributed by atoms with van der Waals surface area (Å²) in [7, 11) is 0. The summed E-state index contributed by atoms with van der Waals surface area (Å²) in [5, 5.41) is 5.78. The Kier molecular flexibility index (Phi) is 9.89. The second kappa shape index (κ2) is 10.5. The number of aryl methyl sites for hydroxylation is 1. The predicted octanol–water partition coefficient (Wildman–Crippen LogP) is 2.32. The Hall–Kier alpha value is -1.24. The standard InChI is InChI=1S/C15H23N3O2S.ClH/c1-4-11(3)21-12-5-6-13(10(2)7-12)18-15(20)9-17-14(19)8-16;/h5-7,11H,4,8-9,16H2,1-3H3,(H,17,19)(H,18,20);1H. The van der Waals surface area contributed by atoms with Crippen molar-refractivity contribution in [2.24, 2.45) is 5.73 Å². The van der Waals surface area contributed by atoms with Crippen LogP contribution in [-0.4, -0.2) is 30.2 Å². The monoisotopic (exact) mass is 345 g/mol. The van der Waals surface area contributed by atoms with Crippen molar-refractivity contribution in [1.29, 1.82) is 0 Å². The number of thioether (sulfide) groups is 1. The van der Waals surface area contributed by atoms with Gasteiger partial charge in [0.15, 0.2) is 0 Å². The molecule has 4 N–H and O–H groups in total. The fourth-order valence-corrected chi connectivity index (χ4v) is 2.63. The number of hydrogen-bond acceptors (Lipinski definition) is 4. The van der Waals surface area contributed by atoms with Crippen LogP contribution in [0, 0.1) is 6.92 Å². The maximum Gasteiger partial charge on any atom is 0.243 e. The molecule has 0 fully saturated rings. The number of halogens is 1. The Labute approximate surface area is 142 Å². The quantitative estimate of drug-likeness (QED) is 0.662. The van der Waals surface area contributed by atoms with E-state index in [0.717, 1.165) is 17.7 Å². The van der Waals surface area contributed by atoms with Crippen molar-refractivity contribution in [2.45, 2.75) is 37.3 Å². The molecule has 0 saturated heterocycles. The minimum Gasteiger partial charge on any atom is -0.346 e.